The van der Waals surface area contributed by atoms with Crippen molar-refractivity contribution < 1.29 is 9.90 Å². The lowest BCUT2D eigenvalue weighted by Crippen LogP contribution is -2.54. The van der Waals surface area contributed by atoms with Crippen molar-refractivity contribution in [1.29, 1.82) is 0 Å². The molecule has 3 heterocycles. The van der Waals surface area contributed by atoms with Gasteiger partial charge in [0.15, 0.2) is 0 Å². The third-order valence-electron chi connectivity index (χ3n) is 4.02. The van der Waals surface area contributed by atoms with Crippen molar-refractivity contribution >= 4 is 22.3 Å². The van der Waals surface area contributed by atoms with Gasteiger partial charge in [-0.05, 0) is 38.4 Å². The summed E-state index contributed by atoms with van der Waals surface area (Å²) >= 11 is 1.39. The molecule has 2 saturated heterocycles. The van der Waals surface area contributed by atoms with E-state index in [2.05, 4.69) is 16.7 Å². The van der Waals surface area contributed by atoms with Gasteiger partial charge < -0.3 is 10.0 Å². The van der Waals surface area contributed by atoms with Crippen LogP contribution < -0.4 is 4.90 Å². The van der Waals surface area contributed by atoms with E-state index in [1.807, 2.05) is 6.07 Å². The first-order valence-electron chi connectivity index (χ1n) is 6.49. The Morgan fingerprint density at radius 2 is 2.28 bits per heavy atom. The van der Waals surface area contributed by atoms with Gasteiger partial charge in [-0.25, -0.2) is 4.79 Å². The highest BCUT2D eigenvalue weighted by atomic mass is 32.1. The highest BCUT2D eigenvalue weighted by Crippen LogP contribution is 2.33. The van der Waals surface area contributed by atoms with Crippen molar-refractivity contribution in [2.24, 2.45) is 0 Å². The Bertz CT molecular complexity index is 460. The smallest absolute Gasteiger partial charge is 0.345 e. The van der Waals surface area contributed by atoms with Crippen molar-refractivity contribution in [1.82, 2.24) is 4.90 Å². The third-order valence-corrected chi connectivity index (χ3v) is 5.13. The minimum absolute atomic E-state index is 0.436. The zero-order valence-corrected chi connectivity index (χ0v) is 11.3. The molecular weight excluding hydrogens is 248 g/mol. The number of thiophene rings is 1. The Balaban J connectivity index is 1.80. The molecule has 98 valence electrons. The molecule has 0 spiro atoms. The molecule has 2 aliphatic heterocycles. The van der Waals surface area contributed by atoms with Gasteiger partial charge in [0.05, 0.1) is 5.00 Å². The summed E-state index contributed by atoms with van der Waals surface area (Å²) in [5.74, 6) is -0.821. The van der Waals surface area contributed by atoms with Crippen LogP contribution in [0.5, 0.6) is 0 Å². The predicted molar refractivity (Wildman–Crippen MR) is 72.7 cm³/mol. The zero-order valence-electron chi connectivity index (χ0n) is 10.5. The van der Waals surface area contributed by atoms with E-state index in [1.165, 1.54) is 30.7 Å². The van der Waals surface area contributed by atoms with E-state index >= 15 is 0 Å². The number of hydrogen-bond donors (Lipinski definition) is 1. The number of nitrogens with zero attached hydrogens (tertiary/aromatic N) is 2. The van der Waals surface area contributed by atoms with Gasteiger partial charge in [0.1, 0.15) is 4.88 Å². The lowest BCUT2D eigenvalue weighted by Gasteiger charge is -2.42. The second kappa shape index (κ2) is 4.55. The number of aromatic carboxylic acids is 1. The van der Waals surface area contributed by atoms with Crippen LogP contribution in [0.3, 0.4) is 0 Å². The van der Waals surface area contributed by atoms with Crippen molar-refractivity contribution in [3.63, 3.8) is 0 Å². The maximum absolute atomic E-state index is 10.9. The first-order valence-corrected chi connectivity index (χ1v) is 7.30. The van der Waals surface area contributed by atoms with Crippen molar-refractivity contribution in [3.05, 3.63) is 17.0 Å². The van der Waals surface area contributed by atoms with E-state index < -0.39 is 5.97 Å². The van der Waals surface area contributed by atoms with Crippen LogP contribution in [0.25, 0.3) is 0 Å². The second-order valence-electron chi connectivity index (χ2n) is 5.24. The molecule has 18 heavy (non-hydrogen) atoms. The molecular formula is C13H18N2O2S. The maximum atomic E-state index is 10.9. The quantitative estimate of drug-likeness (QED) is 0.890. The SMILES string of the molecule is CC1CN2CCCC2CN1c1ccc(C(=O)O)s1. The number of carboxylic acids is 1. The van der Waals surface area contributed by atoms with Crippen LogP contribution in [0.4, 0.5) is 5.00 Å². The molecule has 0 saturated carbocycles. The van der Waals surface area contributed by atoms with E-state index in [0.29, 0.717) is 17.0 Å². The van der Waals surface area contributed by atoms with Gasteiger partial charge in [0, 0.05) is 25.2 Å². The van der Waals surface area contributed by atoms with Crippen LogP contribution in [0.15, 0.2) is 12.1 Å². The number of anilines is 1. The standard InChI is InChI=1S/C13H18N2O2S/c1-9-7-14-6-2-3-10(14)8-15(9)12-5-4-11(18-12)13(16)17/h4-5,9-10H,2-3,6-8H2,1H3,(H,16,17). The number of hydrogen-bond acceptors (Lipinski definition) is 4. The van der Waals surface area contributed by atoms with Crippen LogP contribution in [0, 0.1) is 0 Å². The molecule has 2 aliphatic rings. The minimum atomic E-state index is -0.821. The summed E-state index contributed by atoms with van der Waals surface area (Å²) in [5, 5.41) is 10.1. The van der Waals surface area contributed by atoms with Crippen molar-refractivity contribution in [3.8, 4) is 0 Å². The summed E-state index contributed by atoms with van der Waals surface area (Å²) in [5.41, 5.74) is 0. The Morgan fingerprint density at radius 1 is 1.44 bits per heavy atom. The Morgan fingerprint density at radius 3 is 3.00 bits per heavy atom. The molecule has 3 rings (SSSR count). The zero-order chi connectivity index (χ0) is 12.7. The van der Waals surface area contributed by atoms with Crippen molar-refractivity contribution in [2.45, 2.75) is 31.8 Å². The van der Waals surface area contributed by atoms with E-state index in [0.717, 1.165) is 18.1 Å². The lowest BCUT2D eigenvalue weighted by atomic mass is 10.1. The molecule has 0 radical (unpaired) electrons. The maximum Gasteiger partial charge on any atom is 0.345 e. The average Bonchev–Trinajstić information content (AvgIpc) is 2.94. The topological polar surface area (TPSA) is 43.8 Å². The Hall–Kier alpha value is -1.07. The number of carboxylic acid groups (broad SMARTS) is 1. The van der Waals surface area contributed by atoms with Crippen LogP contribution in [-0.2, 0) is 0 Å². The molecule has 0 aliphatic carbocycles. The first kappa shape index (κ1) is 12.0. The number of rotatable bonds is 2. The summed E-state index contributed by atoms with van der Waals surface area (Å²) in [6, 6.07) is 4.81. The van der Waals surface area contributed by atoms with E-state index in [1.54, 1.807) is 6.07 Å². The fraction of sp³-hybridized carbons (Fsp3) is 0.615. The van der Waals surface area contributed by atoms with Gasteiger partial charge >= 0.3 is 5.97 Å². The second-order valence-corrected chi connectivity index (χ2v) is 6.30. The molecule has 2 atom stereocenters. The molecule has 0 amide bonds. The number of piperazine rings is 1. The molecule has 1 N–H and O–H groups in total. The monoisotopic (exact) mass is 266 g/mol. The van der Waals surface area contributed by atoms with Crippen LogP contribution in [0.2, 0.25) is 0 Å². The number of fused-ring (bicyclic) bond motifs is 1. The third kappa shape index (κ3) is 2.01. The first-order chi connectivity index (χ1) is 8.65. The molecule has 5 heteroatoms. The van der Waals surface area contributed by atoms with Crippen LogP contribution in [0.1, 0.15) is 29.4 Å². The summed E-state index contributed by atoms with van der Waals surface area (Å²) in [4.78, 5) is 16.3. The minimum Gasteiger partial charge on any atom is -0.477 e. The normalized spacial score (nSPS) is 28.4. The van der Waals surface area contributed by atoms with Crippen molar-refractivity contribution in [2.75, 3.05) is 24.5 Å². The molecule has 2 unspecified atom stereocenters. The summed E-state index contributed by atoms with van der Waals surface area (Å²) in [6.45, 7) is 5.61. The average molecular weight is 266 g/mol. The van der Waals surface area contributed by atoms with Gasteiger partial charge in [0.25, 0.3) is 0 Å². The largest absolute Gasteiger partial charge is 0.477 e. The molecule has 2 fully saturated rings. The van der Waals surface area contributed by atoms with Gasteiger partial charge in [-0.2, -0.15) is 0 Å². The van der Waals surface area contributed by atoms with Crippen LogP contribution >= 0.6 is 11.3 Å². The highest BCUT2D eigenvalue weighted by Gasteiger charge is 2.34. The molecule has 0 bridgehead atoms. The van der Waals surface area contributed by atoms with Gasteiger partial charge in [0.2, 0.25) is 0 Å². The number of carbonyl (C=O) groups is 1. The molecule has 1 aromatic rings. The summed E-state index contributed by atoms with van der Waals surface area (Å²) in [6.07, 6.45) is 2.58. The van der Waals surface area contributed by atoms with Gasteiger partial charge in [-0.1, -0.05) is 0 Å². The summed E-state index contributed by atoms with van der Waals surface area (Å²) < 4.78 is 0. The van der Waals surface area contributed by atoms with E-state index in [9.17, 15) is 4.79 Å². The predicted octanol–water partition coefficient (Wildman–Crippen LogP) is 2.12. The van der Waals surface area contributed by atoms with Crippen LogP contribution in [-0.4, -0.2) is 47.7 Å². The van der Waals surface area contributed by atoms with Gasteiger partial charge in [-0.3, -0.25) is 4.90 Å². The van der Waals surface area contributed by atoms with E-state index in [4.69, 9.17) is 5.11 Å². The van der Waals surface area contributed by atoms with E-state index in [-0.39, 0.29) is 0 Å². The summed E-state index contributed by atoms with van der Waals surface area (Å²) in [7, 11) is 0. The fourth-order valence-electron chi connectivity index (χ4n) is 3.09. The highest BCUT2D eigenvalue weighted by molar-refractivity contribution is 7.17. The Kier molecular flexibility index (Phi) is 3.03. The fourth-order valence-corrected chi connectivity index (χ4v) is 4.05. The Labute approximate surface area is 111 Å². The molecule has 1 aromatic heterocycles. The lowest BCUT2D eigenvalue weighted by molar-refractivity contribution is 0.0702. The molecule has 0 aromatic carbocycles. The molecule has 4 nitrogen and oxygen atoms in total. The van der Waals surface area contributed by atoms with Gasteiger partial charge in [-0.15, -0.1) is 11.3 Å².